The number of halogens is 2. The average molecular weight is 310 g/mol. The van der Waals surface area contributed by atoms with Crippen LogP contribution in [0.15, 0.2) is 40.9 Å². The van der Waals surface area contributed by atoms with Crippen LogP contribution in [-0.2, 0) is 0 Å². The van der Waals surface area contributed by atoms with Gasteiger partial charge in [-0.25, -0.2) is 0 Å². The Morgan fingerprint density at radius 3 is 2.82 bits per heavy atom. The Balaban J connectivity index is 2.27. The van der Waals surface area contributed by atoms with Crippen LogP contribution in [0.3, 0.4) is 0 Å². The van der Waals surface area contributed by atoms with E-state index in [1.54, 1.807) is 16.6 Å². The van der Waals surface area contributed by atoms with Crippen LogP contribution in [0.5, 0.6) is 0 Å². The lowest BCUT2D eigenvalue weighted by Gasteiger charge is -1.99. The maximum absolute atomic E-state index is 5.87. The van der Waals surface area contributed by atoms with Crippen LogP contribution in [0, 0.1) is 0 Å². The molecule has 1 aromatic carbocycles. The van der Waals surface area contributed by atoms with Crippen LogP contribution < -0.4 is 0 Å². The van der Waals surface area contributed by atoms with E-state index < -0.39 is 0 Å². The van der Waals surface area contributed by atoms with Crippen LogP contribution in [0.4, 0.5) is 0 Å². The molecule has 0 atom stereocenters. The van der Waals surface area contributed by atoms with Crippen molar-refractivity contribution < 1.29 is 0 Å². The minimum atomic E-state index is 0.411. The summed E-state index contributed by atoms with van der Waals surface area (Å²) in [5.41, 5.74) is 1.60. The largest absolute Gasteiger partial charge is 0.191 e. The Morgan fingerprint density at radius 1 is 1.12 bits per heavy atom. The number of aromatic nitrogens is 4. The summed E-state index contributed by atoms with van der Waals surface area (Å²) in [6, 6.07) is 11.3. The molecule has 0 N–H and O–H groups in total. The first kappa shape index (κ1) is 10.7. The van der Waals surface area contributed by atoms with Crippen LogP contribution >= 0.6 is 27.5 Å². The molecule has 2 aromatic heterocycles. The van der Waals surface area contributed by atoms with Crippen molar-refractivity contribution in [1.29, 1.82) is 0 Å². The lowest BCUT2D eigenvalue weighted by molar-refractivity contribution is 0.936. The van der Waals surface area contributed by atoms with Gasteiger partial charge in [-0.3, -0.25) is 0 Å². The van der Waals surface area contributed by atoms with Gasteiger partial charge in [-0.05, 0) is 24.3 Å². The summed E-state index contributed by atoms with van der Waals surface area (Å²) in [7, 11) is 0. The Bertz CT molecular complexity index is 695. The molecule has 4 nitrogen and oxygen atoms in total. The van der Waals surface area contributed by atoms with Crippen molar-refractivity contribution in [2.24, 2.45) is 0 Å². The first-order valence-electron chi connectivity index (χ1n) is 4.88. The molecule has 0 unspecified atom stereocenters. The number of rotatable bonds is 1. The molecule has 0 fully saturated rings. The van der Waals surface area contributed by atoms with Gasteiger partial charge >= 0.3 is 0 Å². The van der Waals surface area contributed by atoms with Crippen molar-refractivity contribution in [3.63, 3.8) is 0 Å². The van der Waals surface area contributed by atoms with E-state index in [1.165, 1.54) is 0 Å². The third kappa shape index (κ3) is 1.92. The average Bonchev–Trinajstić information content (AvgIpc) is 2.71. The van der Waals surface area contributed by atoms with E-state index in [4.69, 9.17) is 11.6 Å². The predicted octanol–water partition coefficient (Wildman–Crippen LogP) is 3.21. The molecule has 84 valence electrons. The standard InChI is InChI=1S/C11H6BrClN4/c12-8-3-1-2-7(6-8)11-15-14-10-5-4-9(13)16-17(10)11/h1-6H. The highest BCUT2D eigenvalue weighted by Crippen LogP contribution is 2.21. The number of hydrogen-bond acceptors (Lipinski definition) is 3. The fraction of sp³-hybridized carbons (Fsp3) is 0. The summed E-state index contributed by atoms with van der Waals surface area (Å²) >= 11 is 9.29. The van der Waals surface area contributed by atoms with E-state index >= 15 is 0 Å². The van der Waals surface area contributed by atoms with Gasteiger partial charge in [0.25, 0.3) is 0 Å². The minimum Gasteiger partial charge on any atom is -0.191 e. The monoisotopic (exact) mass is 308 g/mol. The molecule has 0 spiro atoms. The summed E-state index contributed by atoms with van der Waals surface area (Å²) < 4.78 is 2.61. The van der Waals surface area contributed by atoms with Gasteiger partial charge in [0.15, 0.2) is 11.5 Å². The molecule has 0 amide bonds. The SMILES string of the molecule is Clc1ccc2nnc(-c3cccc(Br)c3)n2n1. The molecule has 0 saturated carbocycles. The normalized spacial score (nSPS) is 10.9. The lowest BCUT2D eigenvalue weighted by Crippen LogP contribution is -1.94. The molecular formula is C11H6BrClN4. The zero-order valence-corrected chi connectivity index (χ0v) is 10.9. The smallest absolute Gasteiger partial charge is 0.185 e. The molecule has 0 saturated heterocycles. The minimum absolute atomic E-state index is 0.411. The molecule has 0 aliphatic rings. The van der Waals surface area contributed by atoms with Crippen LogP contribution in [0.25, 0.3) is 17.0 Å². The van der Waals surface area contributed by atoms with Crippen molar-refractivity contribution in [1.82, 2.24) is 19.8 Å². The molecule has 0 radical (unpaired) electrons. The predicted molar refractivity (Wildman–Crippen MR) is 68.9 cm³/mol. The van der Waals surface area contributed by atoms with E-state index in [0.717, 1.165) is 10.0 Å². The van der Waals surface area contributed by atoms with Crippen molar-refractivity contribution >= 4 is 33.2 Å². The summed E-state index contributed by atoms with van der Waals surface area (Å²) in [6.07, 6.45) is 0. The summed E-state index contributed by atoms with van der Waals surface area (Å²) in [5, 5.41) is 12.8. The number of hydrogen-bond donors (Lipinski definition) is 0. The van der Waals surface area contributed by atoms with E-state index in [2.05, 4.69) is 31.2 Å². The van der Waals surface area contributed by atoms with Crippen LogP contribution in [0.2, 0.25) is 5.15 Å². The maximum atomic E-state index is 5.87. The first-order chi connectivity index (χ1) is 8.24. The number of nitrogens with zero attached hydrogens (tertiary/aromatic N) is 4. The summed E-state index contributed by atoms with van der Waals surface area (Å²) in [5.74, 6) is 0.670. The van der Waals surface area contributed by atoms with Gasteiger partial charge in [0.05, 0.1) is 0 Å². The molecule has 0 aliphatic heterocycles. The molecule has 17 heavy (non-hydrogen) atoms. The third-order valence-corrected chi connectivity index (χ3v) is 3.01. The highest BCUT2D eigenvalue weighted by molar-refractivity contribution is 9.10. The lowest BCUT2D eigenvalue weighted by atomic mass is 10.2. The van der Waals surface area contributed by atoms with Gasteiger partial charge in [-0.2, -0.15) is 9.61 Å². The molecule has 2 heterocycles. The zero-order chi connectivity index (χ0) is 11.8. The van der Waals surface area contributed by atoms with Gasteiger partial charge in [-0.15, -0.1) is 10.2 Å². The van der Waals surface area contributed by atoms with Gasteiger partial charge < -0.3 is 0 Å². The second-order valence-electron chi connectivity index (χ2n) is 3.46. The third-order valence-electron chi connectivity index (χ3n) is 2.31. The van der Waals surface area contributed by atoms with Crippen molar-refractivity contribution in [2.75, 3.05) is 0 Å². The van der Waals surface area contributed by atoms with E-state index in [-0.39, 0.29) is 0 Å². The first-order valence-corrected chi connectivity index (χ1v) is 6.05. The van der Waals surface area contributed by atoms with E-state index in [9.17, 15) is 0 Å². The number of benzene rings is 1. The van der Waals surface area contributed by atoms with Gasteiger partial charge in [0, 0.05) is 10.0 Å². The molecule has 0 aliphatic carbocycles. The van der Waals surface area contributed by atoms with Crippen molar-refractivity contribution in [3.8, 4) is 11.4 Å². The molecule has 0 bridgehead atoms. The van der Waals surface area contributed by atoms with Crippen LogP contribution in [-0.4, -0.2) is 19.8 Å². The fourth-order valence-electron chi connectivity index (χ4n) is 1.57. The topological polar surface area (TPSA) is 43.1 Å². The van der Waals surface area contributed by atoms with Crippen molar-refractivity contribution in [3.05, 3.63) is 46.0 Å². The number of fused-ring (bicyclic) bond motifs is 1. The molecule has 3 aromatic rings. The zero-order valence-electron chi connectivity index (χ0n) is 8.51. The molecule has 6 heteroatoms. The fourth-order valence-corrected chi connectivity index (χ4v) is 2.11. The van der Waals surface area contributed by atoms with E-state index in [1.807, 2.05) is 24.3 Å². The highest BCUT2D eigenvalue weighted by Gasteiger charge is 2.09. The van der Waals surface area contributed by atoms with Gasteiger partial charge in [0.1, 0.15) is 5.15 Å². The molecule has 3 rings (SSSR count). The Kier molecular flexibility index (Phi) is 2.57. The van der Waals surface area contributed by atoms with Gasteiger partial charge in [0.2, 0.25) is 0 Å². The second-order valence-corrected chi connectivity index (χ2v) is 4.76. The van der Waals surface area contributed by atoms with Crippen molar-refractivity contribution in [2.45, 2.75) is 0 Å². The summed E-state index contributed by atoms with van der Waals surface area (Å²) in [6.45, 7) is 0. The molecular weight excluding hydrogens is 304 g/mol. The van der Waals surface area contributed by atoms with E-state index in [0.29, 0.717) is 16.6 Å². The Labute approximate surface area is 110 Å². The summed E-state index contributed by atoms with van der Waals surface area (Å²) in [4.78, 5) is 0. The second kappa shape index (κ2) is 4.09. The Hall–Kier alpha value is -1.46. The maximum Gasteiger partial charge on any atom is 0.185 e. The highest BCUT2D eigenvalue weighted by atomic mass is 79.9. The quantitative estimate of drug-likeness (QED) is 0.693. The van der Waals surface area contributed by atoms with Crippen LogP contribution in [0.1, 0.15) is 0 Å². The van der Waals surface area contributed by atoms with Gasteiger partial charge in [-0.1, -0.05) is 39.7 Å². The Morgan fingerprint density at radius 2 is 2.00 bits per heavy atom.